The zero-order chi connectivity index (χ0) is 15.2. The molecule has 2 aliphatic rings. The molecule has 118 valence electrons. The molecule has 0 aromatic carbocycles. The summed E-state index contributed by atoms with van der Waals surface area (Å²) in [5, 5.41) is 3.02. The monoisotopic (exact) mass is 295 g/mol. The average molecular weight is 295 g/mol. The molecule has 21 heavy (non-hydrogen) atoms. The molecule has 6 nitrogen and oxygen atoms in total. The molecule has 0 atom stereocenters. The number of hydrogen-bond acceptors (Lipinski definition) is 4. The summed E-state index contributed by atoms with van der Waals surface area (Å²) in [6, 6.07) is 0.232. The van der Waals surface area contributed by atoms with Gasteiger partial charge in [0.25, 0.3) is 0 Å². The molecular formula is C15H25N3O3. The van der Waals surface area contributed by atoms with E-state index in [1.54, 1.807) is 0 Å². The third-order valence-electron chi connectivity index (χ3n) is 4.21. The molecule has 0 bridgehead atoms. The van der Waals surface area contributed by atoms with Crippen molar-refractivity contribution in [1.29, 1.82) is 0 Å². The molecular weight excluding hydrogens is 270 g/mol. The Balaban J connectivity index is 1.66. The maximum atomic E-state index is 11.9. The zero-order valence-electron chi connectivity index (χ0n) is 12.8. The van der Waals surface area contributed by atoms with Gasteiger partial charge in [0.05, 0.1) is 0 Å². The first-order chi connectivity index (χ1) is 10.1. The summed E-state index contributed by atoms with van der Waals surface area (Å²) in [6.45, 7) is 5.58. The summed E-state index contributed by atoms with van der Waals surface area (Å²) in [6.07, 6.45) is 3.91. The average Bonchev–Trinajstić information content (AvgIpc) is 2.78. The third-order valence-corrected chi connectivity index (χ3v) is 4.21. The molecule has 2 rings (SSSR count). The lowest BCUT2D eigenvalue weighted by molar-refractivity contribution is -0.138. The summed E-state index contributed by atoms with van der Waals surface area (Å²) in [5.74, 6) is -0.363. The van der Waals surface area contributed by atoms with E-state index in [0.29, 0.717) is 0 Å². The van der Waals surface area contributed by atoms with Crippen LogP contribution in [-0.4, -0.2) is 59.7 Å². The molecule has 0 unspecified atom stereocenters. The van der Waals surface area contributed by atoms with Crippen molar-refractivity contribution in [1.82, 2.24) is 15.1 Å². The predicted octanol–water partition coefficient (Wildman–Crippen LogP) is 0.516. The maximum absolute atomic E-state index is 11.9. The normalized spacial score (nSPS) is 21.1. The minimum absolute atomic E-state index is 0.0589. The highest BCUT2D eigenvalue weighted by molar-refractivity contribution is 6.02. The van der Waals surface area contributed by atoms with Crippen molar-refractivity contribution in [2.45, 2.75) is 51.5 Å². The Kier molecular flexibility index (Phi) is 5.73. The minimum Gasteiger partial charge on any atom is -0.353 e. The Morgan fingerprint density at radius 1 is 1.14 bits per heavy atom. The van der Waals surface area contributed by atoms with Gasteiger partial charge in [-0.2, -0.15) is 0 Å². The van der Waals surface area contributed by atoms with Crippen LogP contribution in [0.4, 0.5) is 0 Å². The largest absolute Gasteiger partial charge is 0.353 e. The Morgan fingerprint density at radius 3 is 2.33 bits per heavy atom. The molecule has 3 amide bonds. The van der Waals surface area contributed by atoms with E-state index in [1.165, 1.54) is 4.90 Å². The zero-order valence-corrected chi connectivity index (χ0v) is 12.8. The van der Waals surface area contributed by atoms with Gasteiger partial charge in [-0.1, -0.05) is 6.92 Å². The number of nitrogens with zero attached hydrogens (tertiary/aromatic N) is 2. The van der Waals surface area contributed by atoms with E-state index in [9.17, 15) is 14.4 Å². The van der Waals surface area contributed by atoms with Crippen LogP contribution in [-0.2, 0) is 14.4 Å². The minimum atomic E-state index is -0.152. The van der Waals surface area contributed by atoms with Crippen molar-refractivity contribution >= 4 is 17.7 Å². The smallest absolute Gasteiger partial charge is 0.229 e. The molecule has 0 saturated carbocycles. The van der Waals surface area contributed by atoms with E-state index in [4.69, 9.17) is 0 Å². The van der Waals surface area contributed by atoms with E-state index in [0.717, 1.165) is 38.9 Å². The highest BCUT2D eigenvalue weighted by Gasteiger charge is 2.29. The Hall–Kier alpha value is -1.43. The molecule has 0 aliphatic carbocycles. The van der Waals surface area contributed by atoms with Gasteiger partial charge in [-0.25, -0.2) is 0 Å². The van der Waals surface area contributed by atoms with Crippen LogP contribution < -0.4 is 5.32 Å². The van der Waals surface area contributed by atoms with Crippen LogP contribution in [0.25, 0.3) is 0 Å². The number of amides is 3. The highest BCUT2D eigenvalue weighted by atomic mass is 16.2. The Morgan fingerprint density at radius 2 is 1.76 bits per heavy atom. The number of hydrogen-bond donors (Lipinski definition) is 1. The van der Waals surface area contributed by atoms with Crippen LogP contribution >= 0.6 is 0 Å². The fourth-order valence-corrected chi connectivity index (χ4v) is 3.00. The first-order valence-electron chi connectivity index (χ1n) is 7.95. The number of carbonyl (C=O) groups excluding carboxylic acids is 3. The van der Waals surface area contributed by atoms with E-state index in [-0.39, 0.29) is 49.6 Å². The van der Waals surface area contributed by atoms with Gasteiger partial charge in [0.1, 0.15) is 0 Å². The number of likely N-dealkylation sites (tertiary alicyclic amines) is 2. The lowest BCUT2D eigenvalue weighted by Crippen LogP contribution is -2.45. The van der Waals surface area contributed by atoms with E-state index < -0.39 is 0 Å². The van der Waals surface area contributed by atoms with Gasteiger partial charge in [0, 0.05) is 44.9 Å². The summed E-state index contributed by atoms with van der Waals surface area (Å²) in [5.41, 5.74) is 0. The van der Waals surface area contributed by atoms with Gasteiger partial charge in [-0.05, 0) is 25.8 Å². The molecule has 2 heterocycles. The van der Waals surface area contributed by atoms with E-state index in [1.807, 2.05) is 0 Å². The number of rotatable bonds is 6. The van der Waals surface area contributed by atoms with Gasteiger partial charge in [0.2, 0.25) is 17.7 Å². The Labute approximate surface area is 125 Å². The molecule has 2 aliphatic heterocycles. The second-order valence-electron chi connectivity index (χ2n) is 5.87. The van der Waals surface area contributed by atoms with Crippen LogP contribution in [0.5, 0.6) is 0 Å². The lowest BCUT2D eigenvalue weighted by Gasteiger charge is -2.32. The van der Waals surface area contributed by atoms with Crippen molar-refractivity contribution in [3.63, 3.8) is 0 Å². The quantitative estimate of drug-likeness (QED) is 0.725. The van der Waals surface area contributed by atoms with Crippen molar-refractivity contribution < 1.29 is 14.4 Å². The Bertz CT molecular complexity index is 387. The number of carbonyl (C=O) groups is 3. The summed E-state index contributed by atoms with van der Waals surface area (Å²) < 4.78 is 0. The molecule has 0 spiro atoms. The number of piperidine rings is 1. The van der Waals surface area contributed by atoms with Crippen LogP contribution in [0.15, 0.2) is 0 Å². The van der Waals surface area contributed by atoms with Gasteiger partial charge in [0.15, 0.2) is 0 Å². The lowest BCUT2D eigenvalue weighted by atomic mass is 10.0. The van der Waals surface area contributed by atoms with Crippen LogP contribution in [0, 0.1) is 0 Å². The van der Waals surface area contributed by atoms with Gasteiger partial charge < -0.3 is 10.2 Å². The first-order valence-corrected chi connectivity index (χ1v) is 7.95. The molecule has 0 aromatic rings. The summed E-state index contributed by atoms with van der Waals surface area (Å²) in [7, 11) is 0. The molecule has 0 radical (unpaired) electrons. The number of imide groups is 1. The SMILES string of the molecule is CCCN1CCC(NC(=O)CCN2C(=O)CCC2=O)CC1. The van der Waals surface area contributed by atoms with Crippen LogP contribution in [0.3, 0.4) is 0 Å². The van der Waals surface area contributed by atoms with Gasteiger partial charge in [-0.3, -0.25) is 19.3 Å². The first kappa shape index (κ1) is 15.9. The number of nitrogens with one attached hydrogen (secondary N) is 1. The topological polar surface area (TPSA) is 69.7 Å². The molecule has 2 saturated heterocycles. The van der Waals surface area contributed by atoms with Gasteiger partial charge >= 0.3 is 0 Å². The molecule has 2 fully saturated rings. The van der Waals surface area contributed by atoms with Crippen LogP contribution in [0.1, 0.15) is 45.4 Å². The van der Waals surface area contributed by atoms with Gasteiger partial charge in [-0.15, -0.1) is 0 Å². The van der Waals surface area contributed by atoms with E-state index in [2.05, 4.69) is 17.1 Å². The molecule has 1 N–H and O–H groups in total. The fourth-order valence-electron chi connectivity index (χ4n) is 3.00. The molecule has 6 heteroatoms. The predicted molar refractivity (Wildman–Crippen MR) is 78.5 cm³/mol. The second kappa shape index (κ2) is 7.54. The standard InChI is InChI=1S/C15H25N3O3/c1-2-8-17-9-5-12(6-10-17)16-13(19)7-11-18-14(20)3-4-15(18)21/h12H,2-11H2,1H3,(H,16,19). The second-order valence-corrected chi connectivity index (χ2v) is 5.87. The summed E-state index contributed by atoms with van der Waals surface area (Å²) in [4.78, 5) is 38.5. The highest BCUT2D eigenvalue weighted by Crippen LogP contribution is 2.13. The van der Waals surface area contributed by atoms with E-state index >= 15 is 0 Å². The van der Waals surface area contributed by atoms with Crippen molar-refractivity contribution in [3.8, 4) is 0 Å². The van der Waals surface area contributed by atoms with Crippen molar-refractivity contribution in [2.75, 3.05) is 26.2 Å². The summed E-state index contributed by atoms with van der Waals surface area (Å²) >= 11 is 0. The maximum Gasteiger partial charge on any atom is 0.229 e. The van der Waals surface area contributed by atoms with Crippen LogP contribution in [0.2, 0.25) is 0 Å². The fraction of sp³-hybridized carbons (Fsp3) is 0.800. The molecule has 0 aromatic heterocycles. The van der Waals surface area contributed by atoms with Crippen molar-refractivity contribution in [3.05, 3.63) is 0 Å². The third kappa shape index (κ3) is 4.52. The van der Waals surface area contributed by atoms with Crippen molar-refractivity contribution in [2.24, 2.45) is 0 Å².